The molecule has 0 aliphatic carbocycles. The molecule has 39 heavy (non-hydrogen) atoms. The van der Waals surface area contributed by atoms with Crippen LogP contribution in [0, 0.1) is 0 Å². The number of nitrogen functional groups attached to an aromatic ring is 1. The highest BCUT2D eigenvalue weighted by atomic mass is 16.5. The number of hydrogen-bond acceptors (Lipinski definition) is 8. The molecular formula is C29H35N6O4+. The number of fused-ring (bicyclic) bond motifs is 1. The molecule has 0 bridgehead atoms. The number of ketones is 1. The zero-order valence-corrected chi connectivity index (χ0v) is 22.9. The van der Waals surface area contributed by atoms with Crippen molar-refractivity contribution in [2.75, 3.05) is 44.0 Å². The van der Waals surface area contributed by atoms with Gasteiger partial charge in [-0.05, 0) is 23.1 Å². The first kappa shape index (κ1) is 26.4. The summed E-state index contributed by atoms with van der Waals surface area (Å²) in [6, 6.07) is 17.2. The monoisotopic (exact) mass is 531 g/mol. The van der Waals surface area contributed by atoms with Crippen LogP contribution in [0.25, 0.3) is 5.65 Å². The van der Waals surface area contributed by atoms with Crippen molar-refractivity contribution in [2.24, 2.45) is 0 Å². The number of nitrogens with two attached hydrogens (primary N) is 1. The Morgan fingerprint density at radius 3 is 2.54 bits per heavy atom. The Balaban J connectivity index is 1.43. The van der Waals surface area contributed by atoms with Gasteiger partial charge in [0.05, 0.1) is 26.0 Å². The van der Waals surface area contributed by atoms with Gasteiger partial charge in [0.15, 0.2) is 12.3 Å². The molecule has 1 fully saturated rings. The predicted molar refractivity (Wildman–Crippen MR) is 147 cm³/mol. The number of aromatic nitrogens is 4. The number of hydrogen-bond donors (Lipinski definition) is 1. The number of nitrogens with zero attached hydrogens (tertiary/aromatic N) is 5. The van der Waals surface area contributed by atoms with Crippen LogP contribution < -0.4 is 24.8 Å². The second-order valence-corrected chi connectivity index (χ2v) is 10.6. The number of Topliss-reactive ketones (excluding diaryl/α,β-unsaturated/α-hetero) is 1. The Bertz CT molecular complexity index is 1470. The Kier molecular flexibility index (Phi) is 7.38. The maximum Gasteiger partial charge on any atom is 0.401 e. The lowest BCUT2D eigenvalue weighted by Gasteiger charge is -2.33. The van der Waals surface area contributed by atoms with Gasteiger partial charge in [-0.1, -0.05) is 65.8 Å². The maximum atomic E-state index is 13.6. The normalized spacial score (nSPS) is 14.0. The van der Waals surface area contributed by atoms with Crippen LogP contribution in [0.15, 0.2) is 54.6 Å². The van der Waals surface area contributed by atoms with Crippen LogP contribution in [-0.4, -0.2) is 53.9 Å². The van der Waals surface area contributed by atoms with Crippen molar-refractivity contribution < 1.29 is 23.7 Å². The lowest BCUT2D eigenvalue weighted by Crippen LogP contribution is -2.42. The van der Waals surface area contributed by atoms with Crippen LogP contribution in [0.3, 0.4) is 0 Å². The van der Waals surface area contributed by atoms with Crippen LogP contribution in [0.4, 0.5) is 11.6 Å². The standard InChI is InChI=1S/C29H34N6O4/c1-29(2,3)22-16-21(17-23(27(22)37-4)33-12-14-38-15-13-33)24(36)18-34-28(30)35-25(31-34)10-11-26(32-35)39-19-20-8-6-5-7-9-20/h5-11,16-17,30H,12-15,18-19H2,1-4H3/p+1. The molecule has 0 unspecified atom stereocenters. The first-order chi connectivity index (χ1) is 18.7. The van der Waals surface area contributed by atoms with Crippen LogP contribution in [-0.2, 0) is 23.3 Å². The van der Waals surface area contributed by atoms with E-state index in [4.69, 9.17) is 19.9 Å². The van der Waals surface area contributed by atoms with Crippen LogP contribution >= 0.6 is 0 Å². The van der Waals surface area contributed by atoms with Crippen molar-refractivity contribution in [3.63, 3.8) is 0 Å². The fraction of sp³-hybridized carbons (Fsp3) is 0.379. The first-order valence-corrected chi connectivity index (χ1v) is 13.0. The second kappa shape index (κ2) is 10.9. The molecule has 2 N–H and O–H groups in total. The van der Waals surface area contributed by atoms with E-state index in [1.165, 1.54) is 9.20 Å². The number of benzene rings is 2. The van der Waals surface area contributed by atoms with Gasteiger partial charge in [-0.25, -0.2) is 0 Å². The van der Waals surface area contributed by atoms with Gasteiger partial charge >= 0.3 is 5.95 Å². The first-order valence-electron chi connectivity index (χ1n) is 13.0. The largest absolute Gasteiger partial charge is 0.494 e. The zero-order chi connectivity index (χ0) is 27.6. The molecule has 1 aliphatic heterocycles. The molecule has 2 aromatic heterocycles. The summed E-state index contributed by atoms with van der Waals surface area (Å²) in [5.41, 5.74) is 10.1. The van der Waals surface area contributed by atoms with Gasteiger partial charge in [0.25, 0.3) is 5.65 Å². The molecule has 3 heterocycles. The van der Waals surface area contributed by atoms with Crippen molar-refractivity contribution in [1.82, 2.24) is 14.7 Å². The van der Waals surface area contributed by atoms with E-state index in [0.717, 1.165) is 35.7 Å². The summed E-state index contributed by atoms with van der Waals surface area (Å²) in [5.74, 6) is 1.32. The summed E-state index contributed by atoms with van der Waals surface area (Å²) < 4.78 is 20.2. The smallest absolute Gasteiger partial charge is 0.401 e. The average molecular weight is 532 g/mol. The molecule has 10 nitrogen and oxygen atoms in total. The minimum Gasteiger partial charge on any atom is -0.494 e. The Morgan fingerprint density at radius 2 is 1.85 bits per heavy atom. The predicted octanol–water partition coefficient (Wildman–Crippen LogP) is 3.20. The fourth-order valence-electron chi connectivity index (χ4n) is 4.67. The van der Waals surface area contributed by atoms with E-state index in [9.17, 15) is 4.79 Å². The molecule has 0 saturated carbocycles. The lowest BCUT2D eigenvalue weighted by molar-refractivity contribution is -0.723. The molecule has 10 heteroatoms. The fourth-order valence-corrected chi connectivity index (χ4v) is 4.67. The highest BCUT2D eigenvalue weighted by molar-refractivity contribution is 5.97. The highest BCUT2D eigenvalue weighted by Gasteiger charge is 2.28. The Hall–Kier alpha value is -4.18. The van der Waals surface area contributed by atoms with Crippen molar-refractivity contribution >= 4 is 23.1 Å². The van der Waals surface area contributed by atoms with Gasteiger partial charge in [0, 0.05) is 36.3 Å². The van der Waals surface area contributed by atoms with Gasteiger partial charge in [-0.15, -0.1) is 4.68 Å². The Morgan fingerprint density at radius 1 is 1.10 bits per heavy atom. The molecule has 0 radical (unpaired) electrons. The molecule has 4 aromatic rings. The van der Waals surface area contributed by atoms with E-state index >= 15 is 0 Å². The molecule has 1 aliphatic rings. The van der Waals surface area contributed by atoms with Crippen molar-refractivity contribution in [3.05, 3.63) is 71.3 Å². The van der Waals surface area contributed by atoms with E-state index in [1.54, 1.807) is 19.2 Å². The summed E-state index contributed by atoms with van der Waals surface area (Å²) in [6.07, 6.45) is 0. The van der Waals surface area contributed by atoms with E-state index in [1.807, 2.05) is 42.5 Å². The summed E-state index contributed by atoms with van der Waals surface area (Å²) in [5, 5.41) is 8.99. The second-order valence-electron chi connectivity index (χ2n) is 10.6. The lowest BCUT2D eigenvalue weighted by atomic mass is 9.84. The van der Waals surface area contributed by atoms with Gasteiger partial charge in [-0.2, -0.15) is 0 Å². The number of ether oxygens (including phenoxy) is 3. The van der Waals surface area contributed by atoms with Crippen molar-refractivity contribution in [1.29, 1.82) is 0 Å². The summed E-state index contributed by atoms with van der Waals surface area (Å²) >= 11 is 0. The number of methoxy groups -OCH3 is 1. The van der Waals surface area contributed by atoms with E-state index in [0.29, 0.717) is 36.9 Å². The molecule has 0 amide bonds. The van der Waals surface area contributed by atoms with Crippen LogP contribution in [0.2, 0.25) is 0 Å². The molecule has 2 aromatic carbocycles. The van der Waals surface area contributed by atoms with Crippen molar-refractivity contribution in [3.8, 4) is 11.6 Å². The van der Waals surface area contributed by atoms with E-state index < -0.39 is 0 Å². The topological polar surface area (TPSA) is 108 Å². The number of carbonyl (C=O) groups excluding carboxylic acids is 1. The van der Waals surface area contributed by atoms with Crippen LogP contribution in [0.5, 0.6) is 11.6 Å². The summed E-state index contributed by atoms with van der Waals surface area (Å²) in [6.45, 7) is 9.39. The minimum atomic E-state index is -0.238. The SMILES string of the molecule is COc1c(N2CCOCC2)cc(C(=O)C[n+]2nc3ccc(OCc4ccccc4)nn3c2N)cc1C(C)(C)C. The van der Waals surface area contributed by atoms with Gasteiger partial charge in [0.2, 0.25) is 5.88 Å². The average Bonchev–Trinajstić information content (AvgIpc) is 3.25. The van der Waals surface area contributed by atoms with Gasteiger partial charge in [-0.3, -0.25) is 10.5 Å². The molecule has 204 valence electrons. The number of anilines is 2. The van der Waals surface area contributed by atoms with E-state index in [2.05, 4.69) is 35.9 Å². The summed E-state index contributed by atoms with van der Waals surface area (Å²) in [7, 11) is 1.67. The minimum absolute atomic E-state index is 0.0339. The van der Waals surface area contributed by atoms with Crippen molar-refractivity contribution in [2.45, 2.75) is 39.3 Å². The van der Waals surface area contributed by atoms with Crippen LogP contribution in [0.1, 0.15) is 42.3 Å². The molecule has 1 saturated heterocycles. The zero-order valence-electron chi connectivity index (χ0n) is 22.9. The third-order valence-corrected chi connectivity index (χ3v) is 6.77. The molecular weight excluding hydrogens is 496 g/mol. The number of morpholine rings is 1. The number of carbonyl (C=O) groups is 1. The summed E-state index contributed by atoms with van der Waals surface area (Å²) in [4.78, 5) is 15.8. The van der Waals surface area contributed by atoms with Gasteiger partial charge < -0.3 is 19.1 Å². The quantitative estimate of drug-likeness (QED) is 0.273. The molecule has 0 spiro atoms. The maximum absolute atomic E-state index is 13.6. The highest BCUT2D eigenvalue weighted by Crippen LogP contribution is 2.40. The number of rotatable bonds is 8. The third-order valence-electron chi connectivity index (χ3n) is 6.77. The molecule has 0 atom stereocenters. The third kappa shape index (κ3) is 5.65. The van der Waals surface area contributed by atoms with E-state index in [-0.39, 0.29) is 23.7 Å². The molecule has 5 rings (SSSR count). The van der Waals surface area contributed by atoms with Gasteiger partial charge in [0.1, 0.15) is 12.4 Å². The Labute approximate surface area is 227 Å².